The molecule has 1 fully saturated rings. The first kappa shape index (κ1) is 22.3. The van der Waals surface area contributed by atoms with Gasteiger partial charge in [-0.1, -0.05) is 37.3 Å². The molecule has 2 unspecified atom stereocenters. The first-order valence-corrected chi connectivity index (χ1v) is 10.2. The monoisotopic (exact) mass is 426 g/mol. The maximum Gasteiger partial charge on any atom is 0.338 e. The molecule has 0 aliphatic carbocycles. The molecule has 164 valence electrons. The predicted molar refractivity (Wildman–Crippen MR) is 113 cm³/mol. The Bertz CT molecular complexity index is 931. The summed E-state index contributed by atoms with van der Waals surface area (Å²) >= 11 is 0. The van der Waals surface area contributed by atoms with Crippen LogP contribution < -0.4 is 10.1 Å². The first-order valence-electron chi connectivity index (χ1n) is 10.2. The number of rotatable bonds is 9. The number of ether oxygens (including phenoxy) is 2. The van der Waals surface area contributed by atoms with E-state index in [1.165, 1.54) is 0 Å². The molecule has 3 rings (SSSR count). The lowest BCUT2D eigenvalue weighted by molar-refractivity contribution is -0.132. The standard InChI is InChI=1S/C23H26N2O6/c1-3-23(17-8-6-5-7-9-17)21(28)25(22(29)24-23)14-18(26)15-31-19-12-10-16(11-13-19)20(27)30-4-2/h5-13,18,26H,3-4,14-15H2,1-2H3,(H,24,29). The van der Waals surface area contributed by atoms with Crippen molar-refractivity contribution >= 4 is 17.9 Å². The normalized spacial score (nSPS) is 19.1. The van der Waals surface area contributed by atoms with Crippen molar-refractivity contribution in [3.05, 3.63) is 65.7 Å². The number of esters is 1. The fourth-order valence-electron chi connectivity index (χ4n) is 3.51. The van der Waals surface area contributed by atoms with E-state index in [1.54, 1.807) is 43.3 Å². The molecule has 0 radical (unpaired) electrons. The molecular weight excluding hydrogens is 400 g/mol. The van der Waals surface area contributed by atoms with Gasteiger partial charge < -0.3 is 19.9 Å². The van der Waals surface area contributed by atoms with Gasteiger partial charge in [0.1, 0.15) is 24.0 Å². The molecule has 0 spiro atoms. The molecule has 8 heteroatoms. The molecule has 3 amide bonds. The minimum atomic E-state index is -1.14. The third-order valence-electron chi connectivity index (χ3n) is 5.17. The highest BCUT2D eigenvalue weighted by atomic mass is 16.5. The number of aliphatic hydroxyl groups excluding tert-OH is 1. The van der Waals surface area contributed by atoms with Crippen molar-refractivity contribution in [3.8, 4) is 5.75 Å². The quantitative estimate of drug-likeness (QED) is 0.471. The van der Waals surface area contributed by atoms with Crippen LogP contribution in [0.4, 0.5) is 4.79 Å². The predicted octanol–water partition coefficient (Wildman–Crippen LogP) is 2.46. The largest absolute Gasteiger partial charge is 0.491 e. The number of aliphatic hydroxyl groups is 1. The third-order valence-corrected chi connectivity index (χ3v) is 5.17. The lowest BCUT2D eigenvalue weighted by Gasteiger charge is -2.26. The van der Waals surface area contributed by atoms with Crippen LogP contribution in [-0.2, 0) is 15.1 Å². The summed E-state index contributed by atoms with van der Waals surface area (Å²) in [5.74, 6) is -0.383. The van der Waals surface area contributed by atoms with Gasteiger partial charge >= 0.3 is 12.0 Å². The number of nitrogens with zero attached hydrogens (tertiary/aromatic N) is 1. The van der Waals surface area contributed by atoms with Crippen LogP contribution in [0.1, 0.15) is 36.2 Å². The highest BCUT2D eigenvalue weighted by Gasteiger charge is 2.51. The topological polar surface area (TPSA) is 105 Å². The Morgan fingerprint density at radius 3 is 2.39 bits per heavy atom. The molecule has 2 aromatic carbocycles. The molecule has 0 bridgehead atoms. The van der Waals surface area contributed by atoms with Gasteiger partial charge in [0.25, 0.3) is 5.91 Å². The number of carbonyl (C=O) groups is 3. The van der Waals surface area contributed by atoms with Crippen molar-refractivity contribution in [2.45, 2.75) is 31.9 Å². The molecule has 8 nitrogen and oxygen atoms in total. The van der Waals surface area contributed by atoms with Gasteiger partial charge in [0.05, 0.1) is 18.7 Å². The molecule has 2 aromatic rings. The third kappa shape index (κ3) is 4.69. The van der Waals surface area contributed by atoms with Gasteiger partial charge in [-0.15, -0.1) is 0 Å². The van der Waals surface area contributed by atoms with Crippen LogP contribution in [-0.4, -0.2) is 53.8 Å². The lowest BCUT2D eigenvalue weighted by atomic mass is 9.87. The summed E-state index contributed by atoms with van der Waals surface area (Å²) in [6.07, 6.45) is -0.694. The highest BCUT2D eigenvalue weighted by Crippen LogP contribution is 2.32. The second kappa shape index (κ2) is 9.61. The summed E-state index contributed by atoms with van der Waals surface area (Å²) in [6.45, 7) is 3.52. The first-order chi connectivity index (χ1) is 14.9. The number of β-amino-alcohol motifs (C(OH)–C–C–N with tert-alkyl or cyclic N) is 1. The van der Waals surface area contributed by atoms with E-state index < -0.39 is 29.6 Å². The van der Waals surface area contributed by atoms with E-state index in [9.17, 15) is 19.5 Å². The molecule has 31 heavy (non-hydrogen) atoms. The van der Waals surface area contributed by atoms with E-state index in [0.717, 1.165) is 4.90 Å². The number of urea groups is 1. The maximum atomic E-state index is 13.1. The number of hydrogen-bond acceptors (Lipinski definition) is 6. The van der Waals surface area contributed by atoms with Crippen molar-refractivity contribution < 1.29 is 29.0 Å². The van der Waals surface area contributed by atoms with Gasteiger partial charge in [0.15, 0.2) is 0 Å². The minimum Gasteiger partial charge on any atom is -0.491 e. The minimum absolute atomic E-state index is 0.125. The summed E-state index contributed by atoms with van der Waals surface area (Å²) in [4.78, 5) is 38.3. The summed E-state index contributed by atoms with van der Waals surface area (Å²) < 4.78 is 10.5. The van der Waals surface area contributed by atoms with Crippen LogP contribution in [0.3, 0.4) is 0 Å². The number of hydrogen-bond donors (Lipinski definition) is 2. The van der Waals surface area contributed by atoms with Crippen LogP contribution in [0.2, 0.25) is 0 Å². The maximum absolute atomic E-state index is 13.1. The van der Waals surface area contributed by atoms with Gasteiger partial charge in [-0.2, -0.15) is 0 Å². The average Bonchev–Trinajstić information content (AvgIpc) is 3.04. The van der Waals surface area contributed by atoms with Crippen LogP contribution in [0.5, 0.6) is 5.75 Å². The SMILES string of the molecule is CCOC(=O)c1ccc(OCC(O)CN2C(=O)NC(CC)(c3ccccc3)C2=O)cc1. The molecular formula is C23H26N2O6. The van der Waals surface area contributed by atoms with E-state index in [4.69, 9.17) is 9.47 Å². The van der Waals surface area contributed by atoms with E-state index in [1.807, 2.05) is 25.1 Å². The molecule has 1 heterocycles. The molecule has 1 saturated heterocycles. The van der Waals surface area contributed by atoms with Crippen LogP contribution in [0, 0.1) is 0 Å². The van der Waals surface area contributed by atoms with Gasteiger partial charge in [-0.3, -0.25) is 9.69 Å². The number of imide groups is 1. The Balaban J connectivity index is 1.60. The molecule has 1 aliphatic rings. The smallest absolute Gasteiger partial charge is 0.338 e. The van der Waals surface area contributed by atoms with E-state index in [0.29, 0.717) is 23.3 Å². The van der Waals surface area contributed by atoms with Crippen molar-refractivity contribution in [3.63, 3.8) is 0 Å². The van der Waals surface area contributed by atoms with E-state index >= 15 is 0 Å². The van der Waals surface area contributed by atoms with E-state index in [-0.39, 0.29) is 19.8 Å². The Morgan fingerprint density at radius 2 is 1.77 bits per heavy atom. The summed E-state index contributed by atoms with van der Waals surface area (Å²) in [5, 5.41) is 13.1. The Morgan fingerprint density at radius 1 is 1.10 bits per heavy atom. The second-order valence-corrected chi connectivity index (χ2v) is 7.18. The number of carbonyl (C=O) groups excluding carboxylic acids is 3. The van der Waals surface area contributed by atoms with Gasteiger partial charge in [-0.25, -0.2) is 9.59 Å². The van der Waals surface area contributed by atoms with Gasteiger partial charge in [0.2, 0.25) is 0 Å². The Labute approximate surface area is 180 Å². The zero-order valence-corrected chi connectivity index (χ0v) is 17.5. The number of nitrogens with one attached hydrogen (secondary N) is 1. The highest BCUT2D eigenvalue weighted by molar-refractivity contribution is 6.07. The van der Waals surface area contributed by atoms with Crippen LogP contribution in [0.15, 0.2) is 54.6 Å². The van der Waals surface area contributed by atoms with Crippen molar-refractivity contribution in [2.24, 2.45) is 0 Å². The van der Waals surface area contributed by atoms with Crippen molar-refractivity contribution in [1.29, 1.82) is 0 Å². The number of amides is 3. The fourth-order valence-corrected chi connectivity index (χ4v) is 3.51. The van der Waals surface area contributed by atoms with Crippen LogP contribution in [0.25, 0.3) is 0 Å². The van der Waals surface area contributed by atoms with Crippen molar-refractivity contribution in [1.82, 2.24) is 10.2 Å². The fraction of sp³-hybridized carbons (Fsp3) is 0.348. The van der Waals surface area contributed by atoms with Gasteiger partial charge in [-0.05, 0) is 43.2 Å². The zero-order chi connectivity index (χ0) is 22.4. The molecule has 2 N–H and O–H groups in total. The molecule has 0 saturated carbocycles. The summed E-state index contributed by atoms with van der Waals surface area (Å²) in [5.41, 5.74) is -0.0429. The van der Waals surface area contributed by atoms with Crippen molar-refractivity contribution in [2.75, 3.05) is 19.8 Å². The average molecular weight is 426 g/mol. The molecule has 0 aromatic heterocycles. The summed E-state index contributed by atoms with van der Waals surface area (Å²) in [6, 6.07) is 14.8. The Kier molecular flexibility index (Phi) is 6.91. The number of benzene rings is 2. The zero-order valence-electron chi connectivity index (χ0n) is 17.5. The Hall–Kier alpha value is -3.39. The molecule has 2 atom stereocenters. The molecule has 1 aliphatic heterocycles. The summed E-state index contributed by atoms with van der Waals surface area (Å²) in [7, 11) is 0. The lowest BCUT2D eigenvalue weighted by Crippen LogP contribution is -2.44. The van der Waals surface area contributed by atoms with E-state index in [2.05, 4.69) is 5.32 Å². The van der Waals surface area contributed by atoms with Gasteiger partial charge in [0, 0.05) is 0 Å². The second-order valence-electron chi connectivity index (χ2n) is 7.18. The van der Waals surface area contributed by atoms with Crippen LogP contribution >= 0.6 is 0 Å².